The normalized spacial score (nSPS) is 15.4. The molecule has 30 heavy (non-hydrogen) atoms. The summed E-state index contributed by atoms with van der Waals surface area (Å²) in [4.78, 5) is 15.4. The molecule has 1 aliphatic heterocycles. The van der Waals surface area contributed by atoms with Crippen LogP contribution in [0.2, 0.25) is 0 Å². The second kappa shape index (κ2) is 9.45. The second-order valence-electron chi connectivity index (χ2n) is 7.15. The molecule has 152 valence electrons. The molecule has 1 fully saturated rings. The molecule has 0 aliphatic carbocycles. The van der Waals surface area contributed by atoms with E-state index >= 15 is 0 Å². The van der Waals surface area contributed by atoms with Gasteiger partial charge in [-0.25, -0.2) is 0 Å². The summed E-state index contributed by atoms with van der Waals surface area (Å²) in [5.41, 5.74) is 1.99. The third-order valence-electron chi connectivity index (χ3n) is 5.02. The first kappa shape index (κ1) is 20.6. The predicted molar refractivity (Wildman–Crippen MR) is 130 cm³/mol. The van der Waals surface area contributed by atoms with Gasteiger partial charge in [-0.3, -0.25) is 9.69 Å². The molecule has 0 unspecified atom stereocenters. The molecule has 3 nitrogen and oxygen atoms in total. The number of amides is 1. The van der Waals surface area contributed by atoms with Gasteiger partial charge in [0.05, 0.1) is 18.1 Å². The Kier molecular flexibility index (Phi) is 6.50. The maximum Gasteiger partial charge on any atom is 0.266 e. The zero-order valence-corrected chi connectivity index (χ0v) is 18.5. The molecule has 0 aromatic heterocycles. The molecule has 0 atom stereocenters. The first-order valence-corrected chi connectivity index (χ1v) is 11.3. The van der Waals surface area contributed by atoms with Gasteiger partial charge in [-0.2, -0.15) is 0 Å². The fourth-order valence-electron chi connectivity index (χ4n) is 3.41. The van der Waals surface area contributed by atoms with Crippen LogP contribution in [0.3, 0.4) is 0 Å². The Labute approximate surface area is 186 Å². The van der Waals surface area contributed by atoms with E-state index in [0.29, 0.717) is 22.4 Å². The second-order valence-corrected chi connectivity index (χ2v) is 8.83. The van der Waals surface area contributed by atoms with Gasteiger partial charge in [-0.15, -0.1) is 0 Å². The van der Waals surface area contributed by atoms with Crippen LogP contribution in [-0.2, 0) is 11.3 Å². The number of nitrogens with zero attached hydrogens (tertiary/aromatic N) is 1. The van der Waals surface area contributed by atoms with E-state index in [1.54, 1.807) is 4.90 Å². The number of hydrogen-bond donors (Lipinski definition) is 0. The molecule has 0 bridgehead atoms. The van der Waals surface area contributed by atoms with Gasteiger partial charge in [0.15, 0.2) is 0 Å². The van der Waals surface area contributed by atoms with Crippen molar-refractivity contribution in [3.05, 3.63) is 82.8 Å². The highest BCUT2D eigenvalue weighted by Gasteiger charge is 2.32. The number of carbonyl (C=O) groups excluding carboxylic acids is 1. The molecule has 0 saturated carbocycles. The summed E-state index contributed by atoms with van der Waals surface area (Å²) in [7, 11) is 0. The van der Waals surface area contributed by atoms with Crippen molar-refractivity contribution < 1.29 is 9.53 Å². The van der Waals surface area contributed by atoms with Crippen LogP contribution < -0.4 is 4.74 Å². The number of thiocarbonyl (C=S) groups is 1. The first-order chi connectivity index (χ1) is 14.7. The van der Waals surface area contributed by atoms with E-state index in [1.165, 1.54) is 11.8 Å². The minimum atomic E-state index is -0.0544. The van der Waals surface area contributed by atoms with Crippen molar-refractivity contribution >= 4 is 51.1 Å². The summed E-state index contributed by atoms with van der Waals surface area (Å²) < 4.78 is 6.66. The Hall–Kier alpha value is -2.63. The van der Waals surface area contributed by atoms with Crippen LogP contribution in [0.1, 0.15) is 30.9 Å². The van der Waals surface area contributed by atoms with Crippen molar-refractivity contribution in [3.63, 3.8) is 0 Å². The lowest BCUT2D eigenvalue weighted by molar-refractivity contribution is -0.122. The Morgan fingerprint density at radius 1 is 1.03 bits per heavy atom. The smallest absolute Gasteiger partial charge is 0.266 e. The molecule has 0 N–H and O–H groups in total. The van der Waals surface area contributed by atoms with Gasteiger partial charge in [-0.1, -0.05) is 98.0 Å². The molecule has 0 spiro atoms. The third-order valence-corrected chi connectivity index (χ3v) is 6.40. The van der Waals surface area contributed by atoms with Crippen LogP contribution >= 0.6 is 24.0 Å². The summed E-state index contributed by atoms with van der Waals surface area (Å²) in [5, 5.41) is 2.19. The number of ether oxygens (including phenoxy) is 1. The van der Waals surface area contributed by atoms with E-state index in [0.717, 1.165) is 40.5 Å². The predicted octanol–water partition coefficient (Wildman–Crippen LogP) is 6.42. The van der Waals surface area contributed by atoms with Crippen molar-refractivity contribution in [2.45, 2.75) is 26.3 Å². The topological polar surface area (TPSA) is 29.5 Å². The lowest BCUT2D eigenvalue weighted by atomic mass is 10.0. The molecule has 1 saturated heterocycles. The molecular weight excluding hydrogens is 410 g/mol. The maximum absolute atomic E-state index is 13.1. The number of unbranched alkanes of at least 4 members (excludes halogenated alkanes) is 1. The van der Waals surface area contributed by atoms with Crippen LogP contribution in [0.15, 0.2) is 71.6 Å². The number of fused-ring (bicyclic) bond motifs is 1. The highest BCUT2D eigenvalue weighted by molar-refractivity contribution is 8.26. The van der Waals surface area contributed by atoms with Gasteiger partial charge in [0.25, 0.3) is 5.91 Å². The summed E-state index contributed by atoms with van der Waals surface area (Å²) in [6.45, 7) is 3.28. The van der Waals surface area contributed by atoms with Crippen LogP contribution in [-0.4, -0.2) is 21.7 Å². The number of benzene rings is 3. The Bertz CT molecular complexity index is 1110. The monoisotopic (exact) mass is 433 g/mol. The van der Waals surface area contributed by atoms with Crippen molar-refractivity contribution in [2.75, 3.05) is 6.61 Å². The average molecular weight is 434 g/mol. The van der Waals surface area contributed by atoms with Gasteiger partial charge in [0, 0.05) is 5.56 Å². The molecule has 1 aliphatic rings. The standard InChI is InChI=1S/C25H23NO2S2/c1-2-3-15-28-22-14-13-19-11-7-8-12-20(19)21(22)16-23-24(27)26(25(29)30-23)17-18-9-5-4-6-10-18/h4-14,16H,2-3,15,17H2,1H3/b23-16+. The number of carbonyl (C=O) groups is 1. The average Bonchev–Trinajstić information content (AvgIpc) is 3.03. The molecule has 0 radical (unpaired) electrons. The van der Waals surface area contributed by atoms with E-state index in [9.17, 15) is 4.79 Å². The highest BCUT2D eigenvalue weighted by atomic mass is 32.2. The van der Waals surface area contributed by atoms with Gasteiger partial charge >= 0.3 is 0 Å². The molecule has 5 heteroatoms. The first-order valence-electron chi connectivity index (χ1n) is 10.1. The van der Waals surface area contributed by atoms with E-state index < -0.39 is 0 Å². The van der Waals surface area contributed by atoms with Crippen LogP contribution in [0, 0.1) is 0 Å². The highest BCUT2D eigenvalue weighted by Crippen LogP contribution is 2.37. The van der Waals surface area contributed by atoms with Crippen molar-refractivity contribution in [3.8, 4) is 5.75 Å². The third kappa shape index (κ3) is 4.42. The SMILES string of the molecule is CCCCOc1ccc2ccccc2c1/C=C1/SC(=S)N(Cc2ccccc2)C1=O. The van der Waals surface area contributed by atoms with Crippen molar-refractivity contribution in [1.29, 1.82) is 0 Å². The van der Waals surface area contributed by atoms with E-state index in [2.05, 4.69) is 25.1 Å². The minimum Gasteiger partial charge on any atom is -0.493 e. The number of thioether (sulfide) groups is 1. The molecule has 4 rings (SSSR count). The van der Waals surface area contributed by atoms with Gasteiger partial charge in [-0.05, 0) is 34.9 Å². The number of hydrogen-bond acceptors (Lipinski definition) is 4. The zero-order chi connectivity index (χ0) is 20.9. The van der Waals surface area contributed by atoms with Crippen LogP contribution in [0.4, 0.5) is 0 Å². The van der Waals surface area contributed by atoms with Crippen molar-refractivity contribution in [2.24, 2.45) is 0 Å². The molecule has 3 aromatic rings. The fourth-order valence-corrected chi connectivity index (χ4v) is 4.65. The molecule has 3 aromatic carbocycles. The quantitative estimate of drug-likeness (QED) is 0.244. The lowest BCUT2D eigenvalue weighted by Crippen LogP contribution is -2.27. The van der Waals surface area contributed by atoms with Gasteiger partial charge in [0.1, 0.15) is 10.1 Å². The van der Waals surface area contributed by atoms with Gasteiger partial charge in [0.2, 0.25) is 0 Å². The number of rotatable bonds is 7. The Morgan fingerprint density at radius 3 is 2.60 bits per heavy atom. The summed E-state index contributed by atoms with van der Waals surface area (Å²) in [6, 6.07) is 22.1. The molecule has 1 heterocycles. The summed E-state index contributed by atoms with van der Waals surface area (Å²) >= 11 is 6.88. The zero-order valence-electron chi connectivity index (χ0n) is 16.8. The van der Waals surface area contributed by atoms with E-state index in [-0.39, 0.29) is 5.91 Å². The van der Waals surface area contributed by atoms with E-state index in [4.69, 9.17) is 17.0 Å². The van der Waals surface area contributed by atoms with Crippen LogP contribution in [0.25, 0.3) is 16.8 Å². The van der Waals surface area contributed by atoms with Crippen LogP contribution in [0.5, 0.6) is 5.75 Å². The van der Waals surface area contributed by atoms with E-state index in [1.807, 2.05) is 54.6 Å². The maximum atomic E-state index is 13.1. The Balaban J connectivity index is 1.69. The lowest BCUT2D eigenvalue weighted by Gasteiger charge is -2.14. The summed E-state index contributed by atoms with van der Waals surface area (Å²) in [6.07, 6.45) is 4.00. The molecule has 1 amide bonds. The Morgan fingerprint density at radius 2 is 1.80 bits per heavy atom. The summed E-state index contributed by atoms with van der Waals surface area (Å²) in [5.74, 6) is 0.747. The van der Waals surface area contributed by atoms with Gasteiger partial charge < -0.3 is 4.74 Å². The minimum absolute atomic E-state index is 0.0544. The fraction of sp³-hybridized carbons (Fsp3) is 0.200. The largest absolute Gasteiger partial charge is 0.493 e. The molecular formula is C25H23NO2S2. The van der Waals surface area contributed by atoms with Crippen molar-refractivity contribution in [1.82, 2.24) is 4.90 Å².